The van der Waals surface area contributed by atoms with E-state index in [2.05, 4.69) is 367 Å². The number of benzene rings is 13. The van der Waals surface area contributed by atoms with Gasteiger partial charge in [-0.3, -0.25) is 0 Å². The number of anilines is 6. The zero-order chi connectivity index (χ0) is 70.2. The van der Waals surface area contributed by atoms with Crippen LogP contribution in [-0.4, -0.2) is 15.8 Å². The van der Waals surface area contributed by atoms with Gasteiger partial charge >= 0.3 is 0 Å². The summed E-state index contributed by atoms with van der Waals surface area (Å²) in [5.74, 6) is 1.10. The van der Waals surface area contributed by atoms with Crippen LogP contribution < -0.4 is 26.2 Å². The topological polar surface area (TPSA) is 16.3 Å². The fourth-order valence-electron chi connectivity index (χ4n) is 17.6. The summed E-state index contributed by atoms with van der Waals surface area (Å²) < 4.78 is 5.11. The highest BCUT2D eigenvalue weighted by molar-refractivity contribution is 7.00. The van der Waals surface area contributed by atoms with E-state index in [-0.39, 0.29) is 17.5 Å². The molecule has 0 bridgehead atoms. The average Bonchev–Trinajstić information content (AvgIpc) is 1.14. The van der Waals surface area contributed by atoms with Gasteiger partial charge in [-0.1, -0.05) is 270 Å². The van der Waals surface area contributed by atoms with Crippen LogP contribution in [-0.2, 0) is 10.8 Å². The molecule has 3 aliphatic rings. The van der Waals surface area contributed by atoms with Gasteiger partial charge in [0.1, 0.15) is 0 Å². The Morgan fingerprint density at radius 2 is 0.680 bits per heavy atom. The van der Waals surface area contributed by atoms with Crippen molar-refractivity contribution < 1.29 is 0 Å². The van der Waals surface area contributed by atoms with E-state index in [0.29, 0.717) is 17.8 Å². The minimum atomic E-state index is -0.201. The second-order valence-electron chi connectivity index (χ2n) is 32.3. The second-order valence-corrected chi connectivity index (χ2v) is 32.3. The first-order valence-electron chi connectivity index (χ1n) is 37.8. The Hall–Kier alpha value is -10.9. The molecule has 13 aromatic carbocycles. The molecule has 0 unspecified atom stereocenters. The highest BCUT2D eigenvalue weighted by Gasteiger charge is 2.47. The monoisotopic (exact) mass is 1330 g/mol. The zero-order valence-electron chi connectivity index (χ0n) is 61.2. The Morgan fingerprint density at radius 3 is 1.04 bits per heavy atom. The molecule has 504 valence electrons. The standard InChI is InChI=1S/C98H89BN4/c1-62(2)69-44-50-88-82(52-69)83-53-70(63(3)4)45-51-89(83)101(88)75-47-49-85-91(61-75)103(96-80(67-36-22-14-23-37-67)58-73(98(8,9)10)59-81(96)68-38-24-15-25-39-68)93-55-71(64-30-16-11-17-31-64)54-92-94(93)99(85)84-48-46-74(100-86-42-28-26-40-76(86)77-41-27-29-43-87(77)100)60-90(84)102(92)95-78(65-32-18-12-19-33-65)56-72(97(5,6)7)57-79(95)66-34-20-13-21-35-66/h12-15,18-29,32-64H,11,16-17,30-31H2,1-10H3. The summed E-state index contributed by atoms with van der Waals surface area (Å²) in [6, 6.07) is 109. The normalized spacial score (nSPS) is 14.0. The minimum absolute atomic E-state index is 0.175. The van der Waals surface area contributed by atoms with Gasteiger partial charge in [0, 0.05) is 77.9 Å². The molecule has 103 heavy (non-hydrogen) atoms. The van der Waals surface area contributed by atoms with Crippen LogP contribution in [0, 0.1) is 0 Å². The van der Waals surface area contributed by atoms with Crippen LogP contribution in [0.3, 0.4) is 0 Å². The number of hydrogen-bond acceptors (Lipinski definition) is 2. The van der Waals surface area contributed by atoms with E-state index in [1.807, 2.05) is 0 Å². The molecule has 0 amide bonds. The molecule has 0 N–H and O–H groups in total. The fraction of sp³-hybridized carbons (Fsp3) is 0.204. The molecule has 18 rings (SSSR count). The molecule has 2 aliphatic heterocycles. The first-order valence-corrected chi connectivity index (χ1v) is 37.8. The predicted molar refractivity (Wildman–Crippen MR) is 442 cm³/mol. The summed E-state index contributed by atoms with van der Waals surface area (Å²) >= 11 is 0. The highest BCUT2D eigenvalue weighted by Crippen LogP contribution is 2.56. The molecule has 1 saturated carbocycles. The molecule has 4 nitrogen and oxygen atoms in total. The van der Waals surface area contributed by atoms with Gasteiger partial charge in [-0.15, -0.1) is 0 Å². The molecule has 1 fully saturated rings. The van der Waals surface area contributed by atoms with Crippen LogP contribution >= 0.6 is 0 Å². The van der Waals surface area contributed by atoms with Crippen molar-refractivity contribution in [1.29, 1.82) is 0 Å². The highest BCUT2D eigenvalue weighted by atomic mass is 15.2. The van der Waals surface area contributed by atoms with E-state index in [1.165, 1.54) is 186 Å². The van der Waals surface area contributed by atoms with Crippen molar-refractivity contribution in [2.24, 2.45) is 0 Å². The fourth-order valence-corrected chi connectivity index (χ4v) is 17.6. The van der Waals surface area contributed by atoms with Crippen LogP contribution in [0.2, 0.25) is 0 Å². The van der Waals surface area contributed by atoms with Crippen molar-refractivity contribution in [3.8, 4) is 55.9 Å². The summed E-state index contributed by atoms with van der Waals surface area (Å²) in [4.78, 5) is 5.59. The largest absolute Gasteiger partial charge is 0.310 e. The molecule has 4 heterocycles. The minimum Gasteiger partial charge on any atom is -0.310 e. The molecule has 15 aromatic rings. The Bertz CT molecular complexity index is 5580. The molecule has 1 aliphatic carbocycles. The second kappa shape index (κ2) is 25.0. The van der Waals surface area contributed by atoms with E-state index < -0.39 is 0 Å². The lowest BCUT2D eigenvalue weighted by Gasteiger charge is -2.46. The predicted octanol–water partition coefficient (Wildman–Crippen LogP) is 25.5. The van der Waals surface area contributed by atoms with Crippen LogP contribution in [0.25, 0.3) is 99.5 Å². The van der Waals surface area contributed by atoms with Crippen LogP contribution in [0.4, 0.5) is 34.1 Å². The molecule has 0 saturated heterocycles. The van der Waals surface area contributed by atoms with E-state index >= 15 is 0 Å². The summed E-state index contributed by atoms with van der Waals surface area (Å²) in [6.07, 6.45) is 5.94. The van der Waals surface area contributed by atoms with Crippen molar-refractivity contribution in [2.75, 3.05) is 9.80 Å². The Labute approximate surface area is 608 Å². The number of hydrogen-bond donors (Lipinski definition) is 0. The first-order chi connectivity index (χ1) is 50.0. The molecular formula is C98H89BN4. The molecule has 0 atom stereocenters. The number of para-hydroxylation sites is 2. The number of nitrogens with zero attached hydrogens (tertiary/aromatic N) is 4. The zero-order valence-corrected chi connectivity index (χ0v) is 61.2. The smallest absolute Gasteiger partial charge is 0.252 e. The molecule has 0 radical (unpaired) electrons. The Morgan fingerprint density at radius 1 is 0.330 bits per heavy atom. The third-order valence-corrected chi connectivity index (χ3v) is 23.1. The summed E-state index contributed by atoms with van der Waals surface area (Å²) in [5.41, 5.74) is 34.0. The third kappa shape index (κ3) is 10.8. The van der Waals surface area contributed by atoms with Gasteiger partial charge in [0.2, 0.25) is 0 Å². The van der Waals surface area contributed by atoms with Crippen LogP contribution in [0.5, 0.6) is 0 Å². The summed E-state index contributed by atoms with van der Waals surface area (Å²) in [6.45, 7) is 23.3. The molecule has 0 spiro atoms. The van der Waals surface area contributed by atoms with Crippen molar-refractivity contribution in [3.63, 3.8) is 0 Å². The average molecular weight is 1330 g/mol. The number of fused-ring (bicyclic) bond motifs is 10. The van der Waals surface area contributed by atoms with Gasteiger partial charge in [-0.25, -0.2) is 0 Å². The lowest BCUT2D eigenvalue weighted by molar-refractivity contribution is 0.444. The third-order valence-electron chi connectivity index (χ3n) is 23.1. The van der Waals surface area contributed by atoms with Gasteiger partial charge in [0.25, 0.3) is 6.71 Å². The molecule has 5 heteroatoms. The van der Waals surface area contributed by atoms with E-state index in [4.69, 9.17) is 0 Å². The number of rotatable bonds is 11. The quantitative estimate of drug-likeness (QED) is 0.120. The van der Waals surface area contributed by atoms with Gasteiger partial charge in [0.05, 0.1) is 33.4 Å². The van der Waals surface area contributed by atoms with Crippen LogP contribution in [0.15, 0.2) is 279 Å². The maximum Gasteiger partial charge on any atom is 0.252 e. The van der Waals surface area contributed by atoms with Gasteiger partial charge in [-0.2, -0.15) is 0 Å². The van der Waals surface area contributed by atoms with Gasteiger partial charge in [0.15, 0.2) is 0 Å². The SMILES string of the molecule is CC(C)c1ccc2c(c1)c1cc(C(C)C)ccc1n2-c1ccc2c(c1)N(c1c(-c3ccccc3)cc(C(C)(C)C)cc1-c1ccccc1)c1cc(C3CCCCC3)cc3c1B2c1ccc(-n2c4ccccc4c4ccccc42)cc1N3c1c(-c2ccccc2)cc(C(C)(C)C)cc1-c1ccccc1. The summed E-state index contributed by atoms with van der Waals surface area (Å²) in [5, 5.41) is 5.08. The lowest BCUT2D eigenvalue weighted by atomic mass is 9.33. The van der Waals surface area contributed by atoms with Crippen molar-refractivity contribution in [3.05, 3.63) is 307 Å². The maximum atomic E-state index is 2.80. The van der Waals surface area contributed by atoms with Crippen molar-refractivity contribution in [2.45, 2.75) is 130 Å². The summed E-state index contributed by atoms with van der Waals surface area (Å²) in [7, 11) is 0. The van der Waals surface area contributed by atoms with Crippen LogP contribution in [0.1, 0.15) is 147 Å². The van der Waals surface area contributed by atoms with E-state index in [9.17, 15) is 0 Å². The molecule has 2 aromatic heterocycles. The molecular weight excluding hydrogens is 1240 g/mol. The Kier molecular flexibility index (Phi) is 15.6. The lowest BCUT2D eigenvalue weighted by Crippen LogP contribution is -2.61. The Balaban J connectivity index is 1.03. The van der Waals surface area contributed by atoms with Gasteiger partial charge in [-0.05, 0) is 205 Å². The van der Waals surface area contributed by atoms with Gasteiger partial charge < -0.3 is 18.9 Å². The maximum absolute atomic E-state index is 2.80. The van der Waals surface area contributed by atoms with Crippen molar-refractivity contribution in [1.82, 2.24) is 9.13 Å². The van der Waals surface area contributed by atoms with Crippen molar-refractivity contribution >= 4 is 101 Å². The van der Waals surface area contributed by atoms with E-state index in [0.717, 1.165) is 24.2 Å². The first kappa shape index (κ1) is 64.2. The van der Waals surface area contributed by atoms with E-state index in [1.54, 1.807) is 0 Å². The number of aromatic nitrogens is 2.